The zero-order chi connectivity index (χ0) is 8.27. The van der Waals surface area contributed by atoms with Crippen molar-refractivity contribution in [2.24, 2.45) is 5.92 Å². The summed E-state index contributed by atoms with van der Waals surface area (Å²) in [5.74, 6) is 0.273. The molecular formula is C9H14O2. The Hall–Kier alpha value is -0.600. The lowest BCUT2D eigenvalue weighted by Gasteiger charge is -2.20. The maximum Gasteiger partial charge on any atom is 0.0645 e. The van der Waals surface area contributed by atoms with Crippen molar-refractivity contribution in [2.45, 2.75) is 12.8 Å². The van der Waals surface area contributed by atoms with Crippen LogP contribution in [-0.2, 0) is 0 Å². The van der Waals surface area contributed by atoms with Gasteiger partial charge in [-0.05, 0) is 24.3 Å². The highest BCUT2D eigenvalue weighted by Crippen LogP contribution is 2.25. The van der Waals surface area contributed by atoms with Crippen molar-refractivity contribution in [1.82, 2.24) is 0 Å². The van der Waals surface area contributed by atoms with Gasteiger partial charge in [-0.2, -0.15) is 0 Å². The van der Waals surface area contributed by atoms with Gasteiger partial charge in [0.2, 0.25) is 0 Å². The molecule has 1 atom stereocenters. The van der Waals surface area contributed by atoms with Gasteiger partial charge in [0.15, 0.2) is 0 Å². The Kier molecular flexibility index (Phi) is 2.85. The molecule has 11 heavy (non-hydrogen) atoms. The Morgan fingerprint density at radius 2 is 2.18 bits per heavy atom. The van der Waals surface area contributed by atoms with Crippen LogP contribution in [0.15, 0.2) is 23.8 Å². The summed E-state index contributed by atoms with van der Waals surface area (Å²) in [5, 5.41) is 17.7. The molecule has 0 bridgehead atoms. The molecule has 0 aromatic carbocycles. The van der Waals surface area contributed by atoms with Crippen LogP contribution in [-0.4, -0.2) is 23.4 Å². The van der Waals surface area contributed by atoms with Crippen molar-refractivity contribution in [3.05, 3.63) is 23.8 Å². The van der Waals surface area contributed by atoms with Crippen LogP contribution in [0.4, 0.5) is 0 Å². The van der Waals surface area contributed by atoms with Crippen LogP contribution in [0.1, 0.15) is 12.8 Å². The van der Waals surface area contributed by atoms with Gasteiger partial charge < -0.3 is 10.2 Å². The summed E-state index contributed by atoms with van der Waals surface area (Å²) in [6.07, 6.45) is 3.60. The Bertz CT molecular complexity index is 182. The molecule has 0 aromatic rings. The van der Waals surface area contributed by atoms with Gasteiger partial charge in [-0.25, -0.2) is 0 Å². The Balaban J connectivity index is 2.61. The minimum absolute atomic E-state index is 0.0928. The quantitative estimate of drug-likeness (QED) is 0.619. The number of hydrogen-bond donors (Lipinski definition) is 2. The highest BCUT2D eigenvalue weighted by molar-refractivity contribution is 5.25. The highest BCUT2D eigenvalue weighted by Gasteiger charge is 2.15. The van der Waals surface area contributed by atoms with E-state index in [1.807, 2.05) is 6.08 Å². The van der Waals surface area contributed by atoms with E-state index < -0.39 is 0 Å². The first-order valence-corrected chi connectivity index (χ1v) is 3.85. The largest absolute Gasteiger partial charge is 0.396 e. The van der Waals surface area contributed by atoms with Crippen LogP contribution in [0, 0.1) is 5.92 Å². The van der Waals surface area contributed by atoms with Crippen molar-refractivity contribution in [1.29, 1.82) is 0 Å². The van der Waals surface area contributed by atoms with E-state index in [9.17, 15) is 0 Å². The van der Waals surface area contributed by atoms with Crippen molar-refractivity contribution in [3.63, 3.8) is 0 Å². The van der Waals surface area contributed by atoms with Gasteiger partial charge in [-0.1, -0.05) is 18.2 Å². The van der Waals surface area contributed by atoms with E-state index in [-0.39, 0.29) is 19.1 Å². The lowest BCUT2D eigenvalue weighted by Crippen LogP contribution is -2.13. The summed E-state index contributed by atoms with van der Waals surface area (Å²) >= 11 is 0. The molecule has 0 saturated heterocycles. The molecule has 1 aliphatic carbocycles. The Labute approximate surface area is 66.9 Å². The van der Waals surface area contributed by atoms with Crippen molar-refractivity contribution in [2.75, 3.05) is 13.2 Å². The minimum Gasteiger partial charge on any atom is -0.396 e. The molecule has 2 N–H and O–H groups in total. The van der Waals surface area contributed by atoms with E-state index in [2.05, 4.69) is 6.58 Å². The lowest BCUT2D eigenvalue weighted by molar-refractivity contribution is 0.216. The SMILES string of the molecule is C=C1C=C(CO)CC(CO)C1. The monoisotopic (exact) mass is 154 g/mol. The number of rotatable bonds is 2. The molecule has 0 spiro atoms. The average Bonchev–Trinajstić information content (AvgIpc) is 2.03. The highest BCUT2D eigenvalue weighted by atomic mass is 16.3. The molecule has 2 heteroatoms. The van der Waals surface area contributed by atoms with Crippen LogP contribution in [0.5, 0.6) is 0 Å². The van der Waals surface area contributed by atoms with Gasteiger partial charge in [0.05, 0.1) is 6.61 Å². The fraction of sp³-hybridized carbons (Fsp3) is 0.556. The van der Waals surface area contributed by atoms with Gasteiger partial charge in [0, 0.05) is 6.61 Å². The number of aliphatic hydroxyl groups is 2. The van der Waals surface area contributed by atoms with Crippen molar-refractivity contribution in [3.8, 4) is 0 Å². The fourth-order valence-electron chi connectivity index (χ4n) is 1.46. The number of aliphatic hydroxyl groups excluding tert-OH is 2. The molecule has 0 fully saturated rings. The van der Waals surface area contributed by atoms with Crippen molar-refractivity contribution < 1.29 is 10.2 Å². The first-order chi connectivity index (χ1) is 5.26. The zero-order valence-electron chi connectivity index (χ0n) is 6.58. The minimum atomic E-state index is 0.0928. The van der Waals surface area contributed by atoms with Crippen LogP contribution in [0.25, 0.3) is 0 Å². The molecule has 0 aliphatic heterocycles. The van der Waals surface area contributed by atoms with Gasteiger partial charge in [0.25, 0.3) is 0 Å². The molecule has 0 radical (unpaired) electrons. The van der Waals surface area contributed by atoms with E-state index in [1.54, 1.807) is 0 Å². The summed E-state index contributed by atoms with van der Waals surface area (Å²) in [6, 6.07) is 0. The van der Waals surface area contributed by atoms with Gasteiger partial charge in [-0.3, -0.25) is 0 Å². The Morgan fingerprint density at radius 3 is 2.73 bits per heavy atom. The summed E-state index contributed by atoms with van der Waals surface area (Å²) in [5.41, 5.74) is 2.00. The Morgan fingerprint density at radius 1 is 1.45 bits per heavy atom. The van der Waals surface area contributed by atoms with E-state index in [0.717, 1.165) is 24.0 Å². The van der Waals surface area contributed by atoms with E-state index in [4.69, 9.17) is 10.2 Å². The maximum absolute atomic E-state index is 8.87. The molecule has 62 valence electrons. The second-order valence-electron chi connectivity index (χ2n) is 3.08. The molecular weight excluding hydrogens is 140 g/mol. The third-order valence-corrected chi connectivity index (χ3v) is 1.97. The fourth-order valence-corrected chi connectivity index (χ4v) is 1.46. The number of allylic oxidation sites excluding steroid dienone is 2. The molecule has 2 nitrogen and oxygen atoms in total. The molecule has 1 aliphatic rings. The summed E-state index contributed by atoms with van der Waals surface area (Å²) in [6.45, 7) is 4.10. The smallest absolute Gasteiger partial charge is 0.0645 e. The average molecular weight is 154 g/mol. The first-order valence-electron chi connectivity index (χ1n) is 3.85. The third kappa shape index (κ3) is 2.17. The predicted molar refractivity (Wildman–Crippen MR) is 44.1 cm³/mol. The van der Waals surface area contributed by atoms with E-state index >= 15 is 0 Å². The van der Waals surface area contributed by atoms with Gasteiger partial charge in [0.1, 0.15) is 0 Å². The van der Waals surface area contributed by atoms with Gasteiger partial charge in [-0.15, -0.1) is 0 Å². The van der Waals surface area contributed by atoms with Crippen LogP contribution in [0.2, 0.25) is 0 Å². The standard InChI is InChI=1S/C9H14O2/c1-7-2-8(5-10)4-9(3-7)6-11/h2,9-11H,1,3-6H2. The maximum atomic E-state index is 8.87. The second-order valence-corrected chi connectivity index (χ2v) is 3.08. The third-order valence-electron chi connectivity index (χ3n) is 1.97. The van der Waals surface area contributed by atoms with E-state index in [0.29, 0.717) is 0 Å². The molecule has 0 amide bonds. The van der Waals surface area contributed by atoms with Crippen molar-refractivity contribution >= 4 is 0 Å². The molecule has 0 heterocycles. The van der Waals surface area contributed by atoms with Gasteiger partial charge >= 0.3 is 0 Å². The topological polar surface area (TPSA) is 40.5 Å². The molecule has 0 aromatic heterocycles. The molecule has 0 saturated carbocycles. The molecule has 1 unspecified atom stereocenters. The van der Waals surface area contributed by atoms with E-state index in [1.165, 1.54) is 0 Å². The second kappa shape index (κ2) is 3.69. The molecule has 1 rings (SSSR count). The zero-order valence-corrected chi connectivity index (χ0v) is 6.58. The van der Waals surface area contributed by atoms with Crippen LogP contribution < -0.4 is 0 Å². The predicted octanol–water partition coefficient (Wildman–Crippen LogP) is 0.864. The summed E-state index contributed by atoms with van der Waals surface area (Å²) < 4.78 is 0. The van der Waals surface area contributed by atoms with Crippen LogP contribution in [0.3, 0.4) is 0 Å². The lowest BCUT2D eigenvalue weighted by atomic mass is 9.87. The normalized spacial score (nSPS) is 25.1. The summed E-state index contributed by atoms with van der Waals surface area (Å²) in [7, 11) is 0. The number of hydrogen-bond acceptors (Lipinski definition) is 2. The summed E-state index contributed by atoms with van der Waals surface area (Å²) in [4.78, 5) is 0. The first kappa shape index (κ1) is 8.50. The van der Waals surface area contributed by atoms with Crippen LogP contribution >= 0.6 is 0 Å².